The maximum absolute atomic E-state index is 10.7. The minimum atomic E-state index is -10.7. The normalized spacial score (nSPS) is 19.7. The zero-order valence-electron chi connectivity index (χ0n) is 46.1. The molecule has 0 saturated heterocycles. The predicted molar refractivity (Wildman–Crippen MR) is 303 cm³/mol. The van der Waals surface area contributed by atoms with Crippen LogP contribution in [0.15, 0.2) is 134 Å². The van der Waals surface area contributed by atoms with Gasteiger partial charge < -0.3 is 0 Å². The molecule has 6 aliphatic rings. The molecular weight excluding hydrogens is 1160 g/mol. The van der Waals surface area contributed by atoms with Crippen molar-refractivity contribution in [2.24, 2.45) is 0 Å². The Kier molecular flexibility index (Phi) is 14.7. The molecule has 0 aromatic heterocycles. The maximum atomic E-state index is 9.87. The number of rotatable bonds is 0. The molecule has 0 heterocycles. The Morgan fingerprint density at radius 1 is 0.309 bits per heavy atom. The molecule has 0 amide bonds. The summed E-state index contributed by atoms with van der Waals surface area (Å²) in [6, 6.07) is 40.3. The number of hydrogen-bond acceptors (Lipinski definition) is 0. The second-order valence-electron chi connectivity index (χ2n) is 24.6. The molecule has 0 aliphatic heterocycles. The SMILES string of the molecule is CC(C)(C)c1ccc2c3cc(c-2cc1)CC1=C/C(=C\C2=CC(=C\C4=CC(=C\3)/c3cc[c+](C(C)(C)C)ccc34)/c3cc[c+](C(C)(C)C)ccc32)c2cc[c+](C(C)(C)C)ccc21.F[P-](F)(F)(F)(F)F.F[P-](F)(F)(F)(F)F.F[P-](F)(F)(F)(F)F. The summed E-state index contributed by atoms with van der Waals surface area (Å²) in [7, 11) is -32.0. The second-order valence-corrected chi connectivity index (χ2v) is 30.4. The number of allylic oxidation sites excluding steroid dienone is 11. The van der Waals surface area contributed by atoms with Gasteiger partial charge >= 0.3 is 99.0 Å². The quantitative estimate of drug-likeness (QED) is 0.0824. The summed E-state index contributed by atoms with van der Waals surface area (Å²) >= 11 is 0. The number of fused-ring (bicyclic) bond motifs is 17. The fourth-order valence-corrected chi connectivity index (χ4v) is 9.45. The van der Waals surface area contributed by atoms with E-state index in [-0.39, 0.29) is 21.7 Å². The molecule has 9 rings (SSSR count). The number of hydrogen-bond donors (Lipinski definition) is 0. The van der Waals surface area contributed by atoms with Gasteiger partial charge in [0, 0.05) is 52.6 Å². The van der Waals surface area contributed by atoms with E-state index < -0.39 is 23.4 Å². The van der Waals surface area contributed by atoms with Gasteiger partial charge in [-0.25, -0.2) is 0 Å². The van der Waals surface area contributed by atoms with E-state index in [0.29, 0.717) is 0 Å². The zero-order chi connectivity index (χ0) is 61.7. The van der Waals surface area contributed by atoms with Gasteiger partial charge in [0.2, 0.25) is 0 Å². The molecule has 0 unspecified atom stereocenters. The predicted octanol–water partition coefficient (Wildman–Crippen LogP) is 26.4. The van der Waals surface area contributed by atoms with Crippen LogP contribution in [0.4, 0.5) is 75.5 Å². The van der Waals surface area contributed by atoms with E-state index >= 15 is 0 Å². The molecule has 0 saturated carbocycles. The van der Waals surface area contributed by atoms with Crippen LogP contribution in [0.3, 0.4) is 0 Å². The van der Waals surface area contributed by atoms with Crippen molar-refractivity contribution in [3.05, 3.63) is 200 Å². The first-order chi connectivity index (χ1) is 35.6. The summed E-state index contributed by atoms with van der Waals surface area (Å²) in [6.45, 7) is 27.7. The standard InChI is InChI=1S/C60H61.3F6P/c1-57(2,3)45-13-21-49-37-29-38(50(49)22-14-45)34-40-31-42(54-26-18-47(59(7,8)9)16-24-52(40)54)36-44-32-43(55-27-19-48(60(10,11)12)20-28-56(44)55)35-41-30-39(33-37)51-23-15-46(58(4,5)6)17-25-53(41)51;3*1-7(2,3,4,5)6/h13-35H,36H2,1-12H3;;;/q+3;3*-1/b37-33+,40-34+,41-35+;;;. The summed E-state index contributed by atoms with van der Waals surface area (Å²) in [5.41, 5.74) is 26.2. The van der Waals surface area contributed by atoms with Gasteiger partial charge in [0.05, 0.1) is 86.5 Å². The average Bonchev–Trinajstić information content (AvgIpc) is 3.59. The van der Waals surface area contributed by atoms with Gasteiger partial charge in [0.25, 0.3) is 0 Å². The van der Waals surface area contributed by atoms with Crippen molar-refractivity contribution in [2.75, 3.05) is 0 Å². The zero-order valence-corrected chi connectivity index (χ0v) is 48.8. The van der Waals surface area contributed by atoms with Crippen LogP contribution in [0.5, 0.6) is 0 Å². The third kappa shape index (κ3) is 20.4. The summed E-state index contributed by atoms with van der Waals surface area (Å²) in [4.78, 5) is 0. The van der Waals surface area contributed by atoms with Crippen molar-refractivity contribution in [3.8, 4) is 11.1 Å². The molecule has 0 fully saturated rings. The topological polar surface area (TPSA) is 0 Å². The van der Waals surface area contributed by atoms with Crippen molar-refractivity contribution in [3.63, 3.8) is 0 Å². The molecule has 0 nitrogen and oxygen atoms in total. The average molecular weight is 1220 g/mol. The molecule has 3 aromatic carbocycles. The van der Waals surface area contributed by atoms with E-state index in [1.54, 1.807) is 0 Å². The van der Waals surface area contributed by atoms with Crippen LogP contribution in [0.1, 0.15) is 150 Å². The van der Waals surface area contributed by atoms with Gasteiger partial charge in [0.1, 0.15) is 0 Å². The van der Waals surface area contributed by atoms with Gasteiger partial charge in [-0.15, -0.1) is 0 Å². The van der Waals surface area contributed by atoms with Crippen LogP contribution in [-0.4, -0.2) is 0 Å². The van der Waals surface area contributed by atoms with Gasteiger partial charge in [-0.2, -0.15) is 0 Å². The molecule has 81 heavy (non-hydrogen) atoms. The molecule has 6 aliphatic carbocycles. The molecular formula is C60H61F18P3. The minimum absolute atomic E-state index is 0.0368. The van der Waals surface area contributed by atoms with E-state index in [2.05, 4.69) is 223 Å². The van der Waals surface area contributed by atoms with Crippen molar-refractivity contribution in [1.29, 1.82) is 0 Å². The van der Waals surface area contributed by atoms with Crippen LogP contribution in [0.2, 0.25) is 0 Å². The van der Waals surface area contributed by atoms with Crippen LogP contribution >= 0.6 is 23.4 Å². The Bertz CT molecular complexity index is 3490. The first-order valence-corrected chi connectivity index (χ1v) is 31.2. The Morgan fingerprint density at radius 3 is 0.864 bits per heavy atom. The first-order valence-electron chi connectivity index (χ1n) is 25.1. The molecule has 21 heteroatoms. The van der Waals surface area contributed by atoms with Crippen molar-refractivity contribution in [2.45, 2.75) is 111 Å². The van der Waals surface area contributed by atoms with Gasteiger partial charge in [-0.3, -0.25) is 0 Å². The molecule has 0 radical (unpaired) electrons. The molecule has 0 spiro atoms. The Hall–Kier alpha value is -5.56. The van der Waals surface area contributed by atoms with E-state index in [0.717, 1.165) is 6.42 Å². The number of halogens is 18. The van der Waals surface area contributed by atoms with Crippen molar-refractivity contribution >= 4 is 62.9 Å². The van der Waals surface area contributed by atoms with Crippen LogP contribution < -0.4 is 0 Å². The molecule has 0 atom stereocenters. The van der Waals surface area contributed by atoms with Crippen molar-refractivity contribution < 1.29 is 75.5 Å². The van der Waals surface area contributed by atoms with Gasteiger partial charge in [-0.05, 0) is 172 Å². The first kappa shape index (κ1) is 64.6. The van der Waals surface area contributed by atoms with E-state index in [1.807, 2.05) is 0 Å². The van der Waals surface area contributed by atoms with Crippen LogP contribution in [0.25, 0.3) is 50.6 Å². The van der Waals surface area contributed by atoms with E-state index in [4.69, 9.17) is 0 Å². The van der Waals surface area contributed by atoms with Crippen molar-refractivity contribution in [1.82, 2.24) is 0 Å². The Morgan fingerprint density at radius 2 is 0.568 bits per heavy atom. The summed E-state index contributed by atoms with van der Waals surface area (Å²) in [5.74, 6) is 0. The molecule has 8 bridgehead atoms. The van der Waals surface area contributed by atoms with Crippen LogP contribution in [-0.2, 0) is 28.1 Å². The summed E-state index contributed by atoms with van der Waals surface area (Å²) in [6.07, 6.45) is 15.6. The molecule has 0 N–H and O–H groups in total. The van der Waals surface area contributed by atoms with E-state index in [1.165, 1.54) is 111 Å². The van der Waals surface area contributed by atoms with Gasteiger partial charge in [0.15, 0.2) is 0 Å². The monoisotopic (exact) mass is 1220 g/mol. The fourth-order valence-electron chi connectivity index (χ4n) is 9.45. The summed E-state index contributed by atoms with van der Waals surface area (Å²) < 4.78 is 178. The molecule has 442 valence electrons. The molecule has 3 aromatic rings. The van der Waals surface area contributed by atoms with E-state index in [9.17, 15) is 75.5 Å². The van der Waals surface area contributed by atoms with Crippen LogP contribution in [0, 0.1) is 0 Å². The Labute approximate surface area is 459 Å². The third-order valence-electron chi connectivity index (χ3n) is 13.2. The second kappa shape index (κ2) is 18.5. The fraction of sp³-hybridized carbons (Fsp3) is 0.283. The summed E-state index contributed by atoms with van der Waals surface area (Å²) in [5, 5.41) is 0. The van der Waals surface area contributed by atoms with Gasteiger partial charge in [-0.1, -0.05) is 51.1 Å². The third-order valence-corrected chi connectivity index (χ3v) is 13.2. The Balaban J connectivity index is 0.000000428.